The summed E-state index contributed by atoms with van der Waals surface area (Å²) in [4.78, 5) is 11.5. The second-order valence-electron chi connectivity index (χ2n) is 5.96. The number of piperidine rings is 1. The molecule has 0 aliphatic carbocycles. The minimum Gasteiger partial charge on any atom is -0.352 e. The molecule has 1 aliphatic rings. The Hall–Kier alpha value is -1.16. The van der Waals surface area contributed by atoms with Crippen molar-refractivity contribution in [1.29, 1.82) is 0 Å². The van der Waals surface area contributed by atoms with Crippen molar-refractivity contribution in [2.45, 2.75) is 59.2 Å². The minimum atomic E-state index is 0.472. The van der Waals surface area contributed by atoms with Crippen LogP contribution in [0.3, 0.4) is 0 Å². The maximum atomic E-state index is 4.75. The normalized spacial score (nSPS) is 23.9. The van der Waals surface area contributed by atoms with Crippen molar-refractivity contribution < 1.29 is 0 Å². The van der Waals surface area contributed by atoms with E-state index < -0.39 is 0 Å². The molecule has 0 amide bonds. The molecule has 0 aromatic carbocycles. The first kappa shape index (κ1) is 14.3. The Kier molecular flexibility index (Phi) is 4.75. The second-order valence-corrected chi connectivity index (χ2v) is 5.96. The fourth-order valence-corrected chi connectivity index (χ4v) is 2.59. The van der Waals surface area contributed by atoms with E-state index >= 15 is 0 Å². The number of hydrogen-bond acceptors (Lipinski definition) is 4. The van der Waals surface area contributed by atoms with Crippen LogP contribution in [-0.2, 0) is 6.54 Å². The first-order chi connectivity index (χ1) is 9.08. The molecule has 19 heavy (non-hydrogen) atoms. The number of rotatable bonds is 4. The summed E-state index contributed by atoms with van der Waals surface area (Å²) < 4.78 is 0. The summed E-state index contributed by atoms with van der Waals surface area (Å²) in [5, 5.41) is 3.39. The summed E-state index contributed by atoms with van der Waals surface area (Å²) in [5.74, 6) is 1.76. The van der Waals surface area contributed by atoms with Crippen molar-refractivity contribution >= 4 is 5.82 Å². The van der Waals surface area contributed by atoms with Gasteiger partial charge in [0.05, 0.1) is 11.9 Å². The van der Waals surface area contributed by atoms with Crippen molar-refractivity contribution in [3.8, 4) is 0 Å². The lowest BCUT2D eigenvalue weighted by atomic mass is 9.92. The average molecular weight is 262 g/mol. The van der Waals surface area contributed by atoms with E-state index in [0.717, 1.165) is 30.5 Å². The molecule has 1 aromatic rings. The third-order valence-corrected chi connectivity index (χ3v) is 4.03. The van der Waals surface area contributed by atoms with E-state index in [9.17, 15) is 0 Å². The highest BCUT2D eigenvalue weighted by atomic mass is 15.2. The van der Waals surface area contributed by atoms with Gasteiger partial charge in [0.25, 0.3) is 0 Å². The van der Waals surface area contributed by atoms with Gasteiger partial charge in [-0.3, -0.25) is 4.98 Å². The third kappa shape index (κ3) is 3.66. The number of nitrogens with zero attached hydrogens (tertiary/aromatic N) is 3. The molecule has 0 spiro atoms. The Morgan fingerprint density at radius 3 is 2.89 bits per heavy atom. The molecule has 2 heterocycles. The van der Waals surface area contributed by atoms with Gasteiger partial charge in [0, 0.05) is 31.4 Å². The predicted molar refractivity (Wildman–Crippen MR) is 79.2 cm³/mol. The third-order valence-electron chi connectivity index (χ3n) is 4.03. The van der Waals surface area contributed by atoms with Crippen LogP contribution in [0.2, 0.25) is 0 Å². The molecule has 1 aromatic heterocycles. The number of aromatic nitrogens is 2. The average Bonchev–Trinajstić information content (AvgIpc) is 2.40. The fourth-order valence-electron chi connectivity index (χ4n) is 2.59. The smallest absolute Gasteiger partial charge is 0.147 e. The molecule has 1 fully saturated rings. The summed E-state index contributed by atoms with van der Waals surface area (Å²) in [6, 6.07) is 1.02. The summed E-state index contributed by atoms with van der Waals surface area (Å²) in [6.45, 7) is 10.8. The highest BCUT2D eigenvalue weighted by Gasteiger charge is 2.25. The topological polar surface area (TPSA) is 41.1 Å². The van der Waals surface area contributed by atoms with Gasteiger partial charge in [-0.25, -0.2) is 4.98 Å². The van der Waals surface area contributed by atoms with Crippen LogP contribution in [0.25, 0.3) is 0 Å². The summed E-state index contributed by atoms with van der Waals surface area (Å²) >= 11 is 0. The van der Waals surface area contributed by atoms with Crippen molar-refractivity contribution in [3.63, 3.8) is 0 Å². The molecule has 1 aliphatic heterocycles. The van der Waals surface area contributed by atoms with Crippen LogP contribution in [0.5, 0.6) is 0 Å². The van der Waals surface area contributed by atoms with Gasteiger partial charge in [-0.15, -0.1) is 0 Å². The van der Waals surface area contributed by atoms with Crippen LogP contribution < -0.4 is 10.2 Å². The molecular formula is C15H26N4. The highest BCUT2D eigenvalue weighted by molar-refractivity contribution is 5.38. The monoisotopic (exact) mass is 262 g/mol. The fraction of sp³-hybridized carbons (Fsp3) is 0.733. The van der Waals surface area contributed by atoms with Crippen molar-refractivity contribution in [2.24, 2.45) is 5.92 Å². The molecule has 0 radical (unpaired) electrons. The largest absolute Gasteiger partial charge is 0.352 e. The Labute approximate surface area is 116 Å². The molecule has 4 nitrogen and oxygen atoms in total. The zero-order chi connectivity index (χ0) is 13.8. The maximum Gasteiger partial charge on any atom is 0.147 e. The lowest BCUT2D eigenvalue weighted by Gasteiger charge is -2.38. The first-order valence-corrected chi connectivity index (χ1v) is 7.39. The summed E-state index contributed by atoms with van der Waals surface area (Å²) in [5.41, 5.74) is 1.02. The van der Waals surface area contributed by atoms with Crippen molar-refractivity contribution in [3.05, 3.63) is 18.1 Å². The molecule has 2 rings (SSSR count). The Bertz CT molecular complexity index is 405. The molecule has 2 unspecified atom stereocenters. The van der Waals surface area contributed by atoms with E-state index in [4.69, 9.17) is 4.98 Å². The van der Waals surface area contributed by atoms with Crippen LogP contribution in [-0.4, -0.2) is 28.6 Å². The molecule has 1 N–H and O–H groups in total. The maximum absolute atomic E-state index is 4.75. The number of hydrogen-bond donors (Lipinski definition) is 1. The van der Waals surface area contributed by atoms with Crippen LogP contribution in [0.4, 0.5) is 5.82 Å². The summed E-state index contributed by atoms with van der Waals surface area (Å²) in [6.07, 6.45) is 6.33. The molecule has 0 saturated carbocycles. The predicted octanol–water partition coefficient (Wildman–Crippen LogP) is 2.60. The van der Waals surface area contributed by atoms with Gasteiger partial charge in [-0.05, 0) is 25.7 Å². The molecule has 2 atom stereocenters. The van der Waals surface area contributed by atoms with E-state index in [1.165, 1.54) is 12.8 Å². The number of nitrogens with one attached hydrogen (secondary N) is 1. The van der Waals surface area contributed by atoms with Gasteiger partial charge < -0.3 is 10.2 Å². The molecule has 0 bridgehead atoms. The van der Waals surface area contributed by atoms with Crippen LogP contribution in [0.1, 0.15) is 46.2 Å². The van der Waals surface area contributed by atoms with Crippen molar-refractivity contribution in [2.75, 3.05) is 11.4 Å². The Balaban J connectivity index is 2.09. The van der Waals surface area contributed by atoms with Gasteiger partial charge in [-0.1, -0.05) is 20.8 Å². The van der Waals surface area contributed by atoms with Gasteiger partial charge in [0.15, 0.2) is 0 Å². The SMILES string of the molecule is CC(C)NCc1cncc(N2CCCC(C)C2C)n1. The van der Waals surface area contributed by atoms with E-state index in [-0.39, 0.29) is 0 Å². The standard InChI is InChI=1S/C15H26N4/c1-11(2)17-9-14-8-16-10-15(18-14)19-7-5-6-12(3)13(19)4/h8,10-13,17H,5-7,9H2,1-4H3. The van der Waals surface area contributed by atoms with Crippen molar-refractivity contribution in [1.82, 2.24) is 15.3 Å². The van der Waals surface area contributed by atoms with Crippen LogP contribution in [0, 0.1) is 5.92 Å². The lowest BCUT2D eigenvalue weighted by Crippen LogP contribution is -2.43. The van der Waals surface area contributed by atoms with E-state index in [1.54, 1.807) is 0 Å². The van der Waals surface area contributed by atoms with Gasteiger partial charge >= 0.3 is 0 Å². The minimum absolute atomic E-state index is 0.472. The zero-order valence-corrected chi connectivity index (χ0v) is 12.6. The van der Waals surface area contributed by atoms with Gasteiger partial charge in [0.2, 0.25) is 0 Å². The van der Waals surface area contributed by atoms with Crippen LogP contribution in [0.15, 0.2) is 12.4 Å². The highest BCUT2D eigenvalue weighted by Crippen LogP contribution is 2.26. The molecular weight excluding hydrogens is 236 g/mol. The molecule has 4 heteroatoms. The second kappa shape index (κ2) is 6.33. The zero-order valence-electron chi connectivity index (χ0n) is 12.6. The lowest BCUT2D eigenvalue weighted by molar-refractivity contribution is 0.361. The van der Waals surface area contributed by atoms with Crippen LogP contribution >= 0.6 is 0 Å². The van der Waals surface area contributed by atoms with Gasteiger partial charge in [0.1, 0.15) is 5.82 Å². The molecule has 106 valence electrons. The summed E-state index contributed by atoms with van der Waals surface area (Å²) in [7, 11) is 0. The van der Waals surface area contributed by atoms with E-state index in [1.807, 2.05) is 12.4 Å². The van der Waals surface area contributed by atoms with E-state index in [0.29, 0.717) is 12.1 Å². The first-order valence-electron chi connectivity index (χ1n) is 7.39. The number of anilines is 1. The van der Waals surface area contributed by atoms with Gasteiger partial charge in [-0.2, -0.15) is 0 Å². The Morgan fingerprint density at radius 1 is 1.37 bits per heavy atom. The Morgan fingerprint density at radius 2 is 2.16 bits per heavy atom. The van der Waals surface area contributed by atoms with E-state index in [2.05, 4.69) is 42.9 Å². The quantitative estimate of drug-likeness (QED) is 0.905. The molecule has 1 saturated heterocycles.